The summed E-state index contributed by atoms with van der Waals surface area (Å²) in [6, 6.07) is 0. The van der Waals surface area contributed by atoms with Gasteiger partial charge in [0.2, 0.25) is 0 Å². The van der Waals surface area contributed by atoms with Crippen molar-refractivity contribution in [2.75, 3.05) is 0 Å². The first-order chi connectivity index (χ1) is 10.9. The van der Waals surface area contributed by atoms with E-state index >= 15 is 0 Å². The first kappa shape index (κ1) is 19.6. The summed E-state index contributed by atoms with van der Waals surface area (Å²) in [6.07, 6.45) is 5.15. The summed E-state index contributed by atoms with van der Waals surface area (Å²) in [6.45, 7) is 19.6. The van der Waals surface area contributed by atoms with Crippen LogP contribution < -0.4 is 0 Å². The monoisotopic (exact) mass is 350 g/mol. The van der Waals surface area contributed by atoms with Gasteiger partial charge in [0.25, 0.3) is 0 Å². The number of epoxide rings is 1. The van der Waals surface area contributed by atoms with Crippen LogP contribution in [0.3, 0.4) is 0 Å². The lowest BCUT2D eigenvalue weighted by atomic mass is 9.86. The van der Waals surface area contributed by atoms with E-state index in [1.54, 1.807) is 0 Å². The molecule has 0 amide bonds. The molecule has 2 rings (SSSR count). The molecule has 0 N–H and O–H groups in total. The quantitative estimate of drug-likeness (QED) is 0.537. The molecule has 0 aromatic heterocycles. The van der Waals surface area contributed by atoms with E-state index < -0.39 is 8.32 Å². The van der Waals surface area contributed by atoms with Crippen LogP contribution in [0.4, 0.5) is 0 Å². The number of allylic oxidation sites excluding steroid dienone is 2. The molecular formula is C20H34O3Si. The van der Waals surface area contributed by atoms with Crippen molar-refractivity contribution in [2.45, 2.75) is 83.9 Å². The van der Waals surface area contributed by atoms with Crippen LogP contribution in [0.2, 0.25) is 18.1 Å². The highest BCUT2D eigenvalue weighted by atomic mass is 28.4. The summed E-state index contributed by atoms with van der Waals surface area (Å²) in [4.78, 5) is 13.0. The Balaban J connectivity index is 2.27. The minimum atomic E-state index is -2.01. The minimum Gasteiger partial charge on any atom is -0.407 e. The number of ketones is 1. The predicted molar refractivity (Wildman–Crippen MR) is 102 cm³/mol. The molecule has 24 heavy (non-hydrogen) atoms. The summed E-state index contributed by atoms with van der Waals surface area (Å²) in [5, 5.41) is 0.0872. The number of hydrogen-bond acceptors (Lipinski definition) is 3. The summed E-state index contributed by atoms with van der Waals surface area (Å²) in [7, 11) is -2.01. The molecule has 1 heterocycles. The molecule has 1 aliphatic carbocycles. The van der Waals surface area contributed by atoms with Crippen molar-refractivity contribution in [1.82, 2.24) is 0 Å². The second-order valence-corrected chi connectivity index (χ2v) is 14.0. The fourth-order valence-corrected chi connectivity index (χ4v) is 4.17. The average Bonchev–Trinajstić information content (AvgIpc) is 3.17. The first-order valence-electron chi connectivity index (χ1n) is 9.15. The molecule has 4 heteroatoms. The summed E-state index contributed by atoms with van der Waals surface area (Å²) < 4.78 is 12.2. The normalized spacial score (nSPS) is 33.3. The van der Waals surface area contributed by atoms with Gasteiger partial charge in [-0.15, -0.1) is 0 Å². The van der Waals surface area contributed by atoms with E-state index in [9.17, 15) is 4.79 Å². The number of carbonyl (C=O) groups excluding carboxylic acids is 1. The second kappa shape index (κ2) is 6.89. The Morgan fingerprint density at radius 2 is 1.96 bits per heavy atom. The standard InChI is InChI=1S/C20H34O3Si/c1-13(2)15-10-9-14(3)11-17-19(22-17)18(21)16(12-15)23-24(7,8)20(4,5)6/h9-10,13,15-17,19H,3,11-12H2,1-2,4-8H3/b10-9+/t15-,16?,17+,19+/m0/s1. The molecule has 0 aromatic rings. The van der Waals surface area contributed by atoms with Gasteiger partial charge in [-0.25, -0.2) is 0 Å². The zero-order valence-corrected chi connectivity index (χ0v) is 17.4. The highest BCUT2D eigenvalue weighted by Crippen LogP contribution is 2.40. The van der Waals surface area contributed by atoms with E-state index in [4.69, 9.17) is 9.16 Å². The Hall–Kier alpha value is -0.713. The van der Waals surface area contributed by atoms with Gasteiger partial charge in [0.05, 0.1) is 6.10 Å². The van der Waals surface area contributed by atoms with E-state index in [1.165, 1.54) is 0 Å². The lowest BCUT2D eigenvalue weighted by molar-refractivity contribution is -0.128. The third-order valence-electron chi connectivity index (χ3n) is 5.81. The highest BCUT2D eigenvalue weighted by molar-refractivity contribution is 6.74. The van der Waals surface area contributed by atoms with Crippen LogP contribution in [-0.4, -0.2) is 32.4 Å². The lowest BCUT2D eigenvalue weighted by Gasteiger charge is -2.39. The molecule has 0 spiro atoms. The van der Waals surface area contributed by atoms with Gasteiger partial charge in [-0.1, -0.05) is 58.9 Å². The maximum Gasteiger partial charge on any atom is 0.193 e. The van der Waals surface area contributed by atoms with E-state index in [0.29, 0.717) is 11.8 Å². The van der Waals surface area contributed by atoms with Crippen molar-refractivity contribution in [2.24, 2.45) is 11.8 Å². The maximum atomic E-state index is 13.0. The van der Waals surface area contributed by atoms with Crippen LogP contribution in [0.15, 0.2) is 24.3 Å². The average molecular weight is 351 g/mol. The predicted octanol–water partition coefficient (Wildman–Crippen LogP) is 4.89. The second-order valence-electron chi connectivity index (χ2n) is 9.23. The molecule has 1 unspecified atom stereocenters. The van der Waals surface area contributed by atoms with Crippen LogP contribution in [0.5, 0.6) is 0 Å². The van der Waals surface area contributed by atoms with E-state index in [-0.39, 0.29) is 29.1 Å². The number of hydrogen-bond donors (Lipinski definition) is 0. The van der Waals surface area contributed by atoms with Crippen molar-refractivity contribution in [3.8, 4) is 0 Å². The summed E-state index contributed by atoms with van der Waals surface area (Å²) >= 11 is 0. The van der Waals surface area contributed by atoms with Gasteiger partial charge < -0.3 is 9.16 Å². The Bertz CT molecular complexity index is 527. The fourth-order valence-electron chi connectivity index (χ4n) is 2.89. The number of fused-ring (bicyclic) bond motifs is 1. The molecule has 0 saturated carbocycles. The van der Waals surface area contributed by atoms with Gasteiger partial charge in [0, 0.05) is 6.42 Å². The van der Waals surface area contributed by atoms with Gasteiger partial charge >= 0.3 is 0 Å². The zero-order valence-electron chi connectivity index (χ0n) is 16.4. The van der Waals surface area contributed by atoms with Crippen LogP contribution in [-0.2, 0) is 14.0 Å². The van der Waals surface area contributed by atoms with Gasteiger partial charge in [-0.2, -0.15) is 0 Å². The molecule has 1 aliphatic heterocycles. The van der Waals surface area contributed by atoms with Crippen molar-refractivity contribution in [3.05, 3.63) is 24.3 Å². The van der Waals surface area contributed by atoms with Crippen molar-refractivity contribution < 1.29 is 14.0 Å². The first-order valence-corrected chi connectivity index (χ1v) is 12.1. The molecule has 3 nitrogen and oxygen atoms in total. The van der Waals surface area contributed by atoms with Crippen LogP contribution in [0, 0.1) is 11.8 Å². The number of rotatable bonds is 3. The largest absolute Gasteiger partial charge is 0.407 e. The third-order valence-corrected chi connectivity index (χ3v) is 10.3. The van der Waals surface area contributed by atoms with E-state index in [2.05, 4.69) is 66.4 Å². The third kappa shape index (κ3) is 4.47. The van der Waals surface area contributed by atoms with Gasteiger partial charge in [-0.05, 0) is 36.4 Å². The molecule has 0 aromatic carbocycles. The van der Waals surface area contributed by atoms with Crippen LogP contribution in [0.25, 0.3) is 0 Å². The summed E-state index contributed by atoms with van der Waals surface area (Å²) in [5.74, 6) is 0.914. The van der Waals surface area contributed by atoms with Crippen molar-refractivity contribution >= 4 is 14.1 Å². The molecule has 2 aliphatic rings. The smallest absolute Gasteiger partial charge is 0.193 e. The minimum absolute atomic E-state index is 0.00392. The molecular weight excluding hydrogens is 316 g/mol. The highest BCUT2D eigenvalue weighted by Gasteiger charge is 2.50. The van der Waals surface area contributed by atoms with Crippen molar-refractivity contribution in [1.29, 1.82) is 0 Å². The zero-order chi connectivity index (χ0) is 18.3. The number of Topliss-reactive ketones (excluding diaryl/α,β-unsaturated/α-hetero) is 1. The lowest BCUT2D eigenvalue weighted by Crippen LogP contribution is -2.47. The van der Waals surface area contributed by atoms with Gasteiger partial charge in [0.1, 0.15) is 12.2 Å². The number of ether oxygens (including phenoxy) is 1. The number of carbonyl (C=O) groups is 1. The molecule has 1 fully saturated rings. The van der Waals surface area contributed by atoms with Crippen LogP contribution in [0.1, 0.15) is 47.5 Å². The molecule has 0 radical (unpaired) electrons. The SMILES string of the molecule is C=C1/C=C/[C@H](C(C)C)CC(O[Si](C)(C)C(C)(C)C)C(=O)[C@@H]2O[C@@H]2C1. The molecule has 4 atom stereocenters. The van der Waals surface area contributed by atoms with E-state index in [0.717, 1.165) is 18.4 Å². The fraction of sp³-hybridized carbons (Fsp3) is 0.750. The molecule has 136 valence electrons. The Labute approximate surface area is 148 Å². The maximum absolute atomic E-state index is 13.0. The van der Waals surface area contributed by atoms with Gasteiger partial charge in [0.15, 0.2) is 14.1 Å². The Morgan fingerprint density at radius 3 is 2.50 bits per heavy atom. The Morgan fingerprint density at radius 1 is 1.33 bits per heavy atom. The summed E-state index contributed by atoms with van der Waals surface area (Å²) in [5.41, 5.74) is 1.05. The molecule has 0 bridgehead atoms. The van der Waals surface area contributed by atoms with Crippen LogP contribution >= 0.6 is 0 Å². The van der Waals surface area contributed by atoms with Gasteiger partial charge in [-0.3, -0.25) is 4.79 Å². The Kier molecular flexibility index (Phi) is 5.63. The van der Waals surface area contributed by atoms with E-state index in [1.807, 2.05) is 0 Å². The molecule has 1 saturated heterocycles. The van der Waals surface area contributed by atoms with Crippen molar-refractivity contribution in [3.63, 3.8) is 0 Å². The topological polar surface area (TPSA) is 38.8 Å².